The molecule has 1 saturated carbocycles. The quantitative estimate of drug-likeness (QED) is 0.761. The van der Waals surface area contributed by atoms with E-state index in [-0.39, 0.29) is 0 Å². The summed E-state index contributed by atoms with van der Waals surface area (Å²) in [5.41, 5.74) is 1.36. The third-order valence-electron chi connectivity index (χ3n) is 3.75. The molecule has 2 rings (SSSR count). The second-order valence-electron chi connectivity index (χ2n) is 5.34. The van der Waals surface area contributed by atoms with Crippen molar-refractivity contribution in [2.45, 2.75) is 77.8 Å². The summed E-state index contributed by atoms with van der Waals surface area (Å²) in [5.74, 6) is 0.667. The average molecular weight is 266 g/mol. The summed E-state index contributed by atoms with van der Waals surface area (Å²) >= 11 is 1.95. The summed E-state index contributed by atoms with van der Waals surface area (Å²) in [4.78, 5) is 6.41. The van der Waals surface area contributed by atoms with Gasteiger partial charge in [0.15, 0.2) is 0 Å². The molecule has 18 heavy (non-hydrogen) atoms. The van der Waals surface area contributed by atoms with Crippen LogP contribution < -0.4 is 5.32 Å². The normalized spacial score (nSPS) is 15.6. The molecule has 0 aliphatic heterocycles. The fourth-order valence-electron chi connectivity index (χ4n) is 2.31. The minimum absolute atomic E-state index is 0.667. The minimum Gasteiger partial charge on any atom is -0.309 e. The summed E-state index contributed by atoms with van der Waals surface area (Å²) in [7, 11) is 0. The Morgan fingerprint density at radius 3 is 2.56 bits per heavy atom. The minimum atomic E-state index is 0.667. The zero-order valence-corrected chi connectivity index (χ0v) is 12.8. The van der Waals surface area contributed by atoms with E-state index in [1.165, 1.54) is 47.7 Å². The highest BCUT2D eigenvalue weighted by molar-refractivity contribution is 7.11. The maximum Gasteiger partial charge on any atom is 0.0962 e. The van der Waals surface area contributed by atoms with Crippen molar-refractivity contribution in [1.82, 2.24) is 10.3 Å². The Labute approximate surface area is 115 Å². The molecule has 1 fully saturated rings. The molecule has 0 bridgehead atoms. The van der Waals surface area contributed by atoms with Crippen molar-refractivity contribution in [3.63, 3.8) is 0 Å². The Balaban J connectivity index is 2.08. The molecular formula is C15H26N2S. The number of thiazole rings is 1. The van der Waals surface area contributed by atoms with E-state index < -0.39 is 0 Å². The highest BCUT2D eigenvalue weighted by Gasteiger charge is 2.22. The zero-order chi connectivity index (χ0) is 13.0. The molecule has 0 atom stereocenters. The SMILES string of the molecule is CCCc1nc(C(CC)CC)sc1CNC1CC1. The van der Waals surface area contributed by atoms with Crippen LogP contribution in [-0.4, -0.2) is 11.0 Å². The van der Waals surface area contributed by atoms with E-state index in [1.807, 2.05) is 11.3 Å². The number of nitrogens with one attached hydrogen (secondary N) is 1. The summed E-state index contributed by atoms with van der Waals surface area (Å²) in [6, 6.07) is 0.790. The first kappa shape index (κ1) is 14.0. The van der Waals surface area contributed by atoms with Crippen LogP contribution in [0.3, 0.4) is 0 Å². The highest BCUT2D eigenvalue weighted by atomic mass is 32.1. The Hall–Kier alpha value is -0.410. The Kier molecular flexibility index (Phi) is 5.19. The van der Waals surface area contributed by atoms with Gasteiger partial charge in [-0.15, -0.1) is 11.3 Å². The molecule has 1 aliphatic rings. The molecule has 1 aliphatic carbocycles. The van der Waals surface area contributed by atoms with Crippen molar-refractivity contribution in [2.75, 3.05) is 0 Å². The Bertz CT molecular complexity index is 365. The fourth-order valence-corrected chi connectivity index (χ4v) is 3.64. The molecule has 1 heterocycles. The van der Waals surface area contributed by atoms with Crippen LogP contribution in [0, 0.1) is 0 Å². The largest absolute Gasteiger partial charge is 0.309 e. The number of aromatic nitrogens is 1. The second kappa shape index (κ2) is 6.67. The Morgan fingerprint density at radius 1 is 1.28 bits per heavy atom. The standard InChI is InChI=1S/C15H26N2S/c1-4-7-13-14(10-16-12-8-9-12)18-15(17-13)11(5-2)6-3/h11-12,16H,4-10H2,1-3H3. The number of hydrogen-bond acceptors (Lipinski definition) is 3. The maximum absolute atomic E-state index is 4.92. The van der Waals surface area contributed by atoms with Crippen molar-refractivity contribution in [3.8, 4) is 0 Å². The molecule has 0 aromatic carbocycles. The predicted molar refractivity (Wildman–Crippen MR) is 79.3 cm³/mol. The van der Waals surface area contributed by atoms with Crippen LogP contribution in [0.15, 0.2) is 0 Å². The van der Waals surface area contributed by atoms with Gasteiger partial charge in [0.2, 0.25) is 0 Å². The van der Waals surface area contributed by atoms with Gasteiger partial charge >= 0.3 is 0 Å². The summed E-state index contributed by atoms with van der Waals surface area (Å²) in [6.07, 6.45) is 7.49. The van der Waals surface area contributed by atoms with Crippen molar-refractivity contribution < 1.29 is 0 Å². The summed E-state index contributed by atoms with van der Waals surface area (Å²) in [5, 5.41) is 5.00. The second-order valence-corrected chi connectivity index (χ2v) is 6.46. The smallest absolute Gasteiger partial charge is 0.0962 e. The van der Waals surface area contributed by atoms with E-state index in [1.54, 1.807) is 0 Å². The van der Waals surface area contributed by atoms with Gasteiger partial charge in [0.1, 0.15) is 0 Å². The lowest BCUT2D eigenvalue weighted by Crippen LogP contribution is -2.15. The molecule has 0 unspecified atom stereocenters. The fraction of sp³-hybridized carbons (Fsp3) is 0.800. The van der Waals surface area contributed by atoms with Gasteiger partial charge < -0.3 is 5.32 Å². The van der Waals surface area contributed by atoms with E-state index in [0.717, 1.165) is 19.0 Å². The molecule has 102 valence electrons. The van der Waals surface area contributed by atoms with Gasteiger partial charge in [0.25, 0.3) is 0 Å². The lowest BCUT2D eigenvalue weighted by Gasteiger charge is -2.07. The summed E-state index contributed by atoms with van der Waals surface area (Å²) < 4.78 is 0. The van der Waals surface area contributed by atoms with Gasteiger partial charge in [0, 0.05) is 23.4 Å². The van der Waals surface area contributed by atoms with Crippen molar-refractivity contribution >= 4 is 11.3 Å². The molecule has 0 radical (unpaired) electrons. The van der Waals surface area contributed by atoms with Crippen LogP contribution in [-0.2, 0) is 13.0 Å². The molecular weight excluding hydrogens is 240 g/mol. The van der Waals surface area contributed by atoms with Crippen molar-refractivity contribution in [1.29, 1.82) is 0 Å². The molecule has 2 nitrogen and oxygen atoms in total. The van der Waals surface area contributed by atoms with E-state index in [4.69, 9.17) is 4.98 Å². The monoisotopic (exact) mass is 266 g/mol. The third kappa shape index (κ3) is 3.55. The van der Waals surface area contributed by atoms with Crippen LogP contribution in [0.5, 0.6) is 0 Å². The highest BCUT2D eigenvalue weighted by Crippen LogP contribution is 2.31. The van der Waals surface area contributed by atoms with E-state index in [9.17, 15) is 0 Å². The zero-order valence-electron chi connectivity index (χ0n) is 12.0. The van der Waals surface area contributed by atoms with Gasteiger partial charge in [0.05, 0.1) is 10.7 Å². The lowest BCUT2D eigenvalue weighted by atomic mass is 10.1. The topological polar surface area (TPSA) is 24.9 Å². The van der Waals surface area contributed by atoms with Crippen LogP contribution in [0.2, 0.25) is 0 Å². The average Bonchev–Trinajstić information content (AvgIpc) is 3.12. The van der Waals surface area contributed by atoms with E-state index in [0.29, 0.717) is 5.92 Å². The Morgan fingerprint density at radius 2 is 2.00 bits per heavy atom. The van der Waals surface area contributed by atoms with Crippen LogP contribution >= 0.6 is 11.3 Å². The molecule has 0 amide bonds. The third-order valence-corrected chi connectivity index (χ3v) is 5.01. The maximum atomic E-state index is 4.92. The van der Waals surface area contributed by atoms with Crippen LogP contribution in [0.4, 0.5) is 0 Å². The number of rotatable bonds is 8. The first-order valence-electron chi connectivity index (χ1n) is 7.50. The molecule has 0 spiro atoms. The van der Waals surface area contributed by atoms with Gasteiger partial charge in [-0.2, -0.15) is 0 Å². The van der Waals surface area contributed by atoms with Gasteiger partial charge in [-0.25, -0.2) is 4.98 Å². The van der Waals surface area contributed by atoms with Crippen LogP contribution in [0.25, 0.3) is 0 Å². The lowest BCUT2D eigenvalue weighted by molar-refractivity contribution is 0.633. The number of aryl methyl sites for hydroxylation is 1. The van der Waals surface area contributed by atoms with E-state index in [2.05, 4.69) is 26.1 Å². The van der Waals surface area contributed by atoms with Crippen molar-refractivity contribution in [2.24, 2.45) is 0 Å². The molecule has 1 aromatic heterocycles. The van der Waals surface area contributed by atoms with Crippen molar-refractivity contribution in [3.05, 3.63) is 15.6 Å². The van der Waals surface area contributed by atoms with Crippen LogP contribution in [0.1, 0.15) is 74.4 Å². The molecule has 0 saturated heterocycles. The molecule has 3 heteroatoms. The number of hydrogen-bond donors (Lipinski definition) is 1. The molecule has 1 aromatic rings. The summed E-state index contributed by atoms with van der Waals surface area (Å²) in [6.45, 7) is 7.83. The first-order valence-corrected chi connectivity index (χ1v) is 8.31. The van der Waals surface area contributed by atoms with E-state index >= 15 is 0 Å². The number of nitrogens with zero attached hydrogens (tertiary/aromatic N) is 1. The van der Waals surface area contributed by atoms with Gasteiger partial charge in [-0.3, -0.25) is 0 Å². The predicted octanol–water partition coefficient (Wildman–Crippen LogP) is 4.25. The molecule has 1 N–H and O–H groups in total. The first-order chi connectivity index (χ1) is 8.78. The van der Waals surface area contributed by atoms with Gasteiger partial charge in [-0.1, -0.05) is 27.2 Å². The van der Waals surface area contributed by atoms with Gasteiger partial charge in [-0.05, 0) is 32.1 Å².